The zero-order valence-electron chi connectivity index (χ0n) is 36.0. The van der Waals surface area contributed by atoms with E-state index in [4.69, 9.17) is 26.2 Å². The number of rotatable bonds is 13. The Morgan fingerprint density at radius 3 is 1.42 bits per heavy atom. The number of nitrogens with zero attached hydrogens (tertiary/aromatic N) is 6. The van der Waals surface area contributed by atoms with E-state index in [9.17, 15) is 26.4 Å². The number of thiazole rings is 2. The number of aromatic nitrogens is 6. The van der Waals surface area contributed by atoms with Crippen LogP contribution in [0.15, 0.2) is 106 Å². The first-order valence-corrected chi connectivity index (χ1v) is 25.9. The number of carbonyl (C=O) groups excluding carboxylic acids is 2. The molecule has 4 aromatic carbocycles. The van der Waals surface area contributed by atoms with Gasteiger partial charge in [0.1, 0.15) is 10.0 Å². The van der Waals surface area contributed by atoms with Crippen LogP contribution < -0.4 is 11.1 Å². The van der Waals surface area contributed by atoms with Crippen molar-refractivity contribution >= 4 is 85.5 Å². The Bertz CT molecular complexity index is 3130. The number of hydrogen-bond acceptors (Lipinski definition) is 17. The molecule has 0 saturated carbocycles. The van der Waals surface area contributed by atoms with Crippen molar-refractivity contribution in [3.8, 4) is 22.3 Å². The van der Waals surface area contributed by atoms with Gasteiger partial charge in [0.25, 0.3) is 0 Å². The van der Waals surface area contributed by atoms with Gasteiger partial charge in [-0.15, -0.1) is 43.1 Å². The molecule has 2 unspecified atom stereocenters. The Balaban J connectivity index is 0.000000193. The van der Waals surface area contributed by atoms with E-state index < -0.39 is 30.2 Å². The van der Waals surface area contributed by atoms with Crippen molar-refractivity contribution in [2.45, 2.75) is 51.3 Å². The van der Waals surface area contributed by atoms with E-state index >= 15 is 0 Å². The summed E-state index contributed by atoms with van der Waals surface area (Å²) in [6.45, 7) is 7.13. The Kier molecular flexibility index (Phi) is 15.8. The normalized spacial score (nSPS) is 12.6. The van der Waals surface area contributed by atoms with Gasteiger partial charge in [-0.1, -0.05) is 100 Å². The molecule has 8 rings (SSSR count). The van der Waals surface area contributed by atoms with Crippen LogP contribution in [-0.2, 0) is 42.4 Å². The molecule has 340 valence electrons. The topological polar surface area (TPSA) is 244 Å². The SMILES string of the molecule is CC(C)C(=O)Cl.CC(C)C(=O)NCc1nnc(C(c2nc3ccc(-c4ccccc4)cc3s2)S(C)(=O)=O)o1.CS(=O)(=O)C(c1nnc(CN)o1)c1nc2ccc(-c3ccccc3)cc2s1. The fourth-order valence-electron chi connectivity index (χ4n) is 5.94. The first-order valence-electron chi connectivity index (χ1n) is 19.9. The third-order valence-electron chi connectivity index (χ3n) is 9.31. The molecule has 0 saturated heterocycles. The maximum absolute atomic E-state index is 12.6. The van der Waals surface area contributed by atoms with Gasteiger partial charge in [0.15, 0.2) is 30.2 Å². The van der Waals surface area contributed by atoms with E-state index in [0.717, 1.165) is 49.7 Å². The van der Waals surface area contributed by atoms with Crippen molar-refractivity contribution in [3.63, 3.8) is 0 Å². The summed E-state index contributed by atoms with van der Waals surface area (Å²) in [6, 6.07) is 31.6. The van der Waals surface area contributed by atoms with Crippen LogP contribution >= 0.6 is 34.3 Å². The molecule has 4 heterocycles. The van der Waals surface area contributed by atoms with E-state index in [1.54, 1.807) is 27.7 Å². The van der Waals surface area contributed by atoms with E-state index in [0.29, 0.717) is 15.5 Å². The van der Waals surface area contributed by atoms with Gasteiger partial charge < -0.3 is 19.9 Å². The number of nitrogens with one attached hydrogen (secondary N) is 1. The second kappa shape index (κ2) is 21.0. The molecule has 0 fully saturated rings. The minimum Gasteiger partial charge on any atom is -0.422 e. The van der Waals surface area contributed by atoms with Gasteiger partial charge in [-0.3, -0.25) is 9.59 Å². The Morgan fingerprint density at radius 1 is 0.631 bits per heavy atom. The van der Waals surface area contributed by atoms with Crippen molar-refractivity contribution in [1.82, 2.24) is 35.7 Å². The molecule has 21 heteroatoms. The molecule has 8 aromatic rings. The molecule has 0 aliphatic rings. The number of halogens is 1. The van der Waals surface area contributed by atoms with Gasteiger partial charge in [-0.05, 0) is 58.1 Å². The summed E-state index contributed by atoms with van der Waals surface area (Å²) in [7, 11) is -7.21. The quantitative estimate of drug-likeness (QED) is 0.104. The lowest BCUT2D eigenvalue weighted by molar-refractivity contribution is -0.124. The fraction of sp³-hybridized carbons (Fsp3) is 0.273. The van der Waals surface area contributed by atoms with Crippen LogP contribution in [0, 0.1) is 11.8 Å². The van der Waals surface area contributed by atoms with Crippen molar-refractivity contribution in [2.24, 2.45) is 17.6 Å². The highest BCUT2D eigenvalue weighted by atomic mass is 35.5. The second-order valence-corrected chi connectivity index (χ2v) is 22.0. The molecule has 0 bridgehead atoms. The van der Waals surface area contributed by atoms with Gasteiger partial charge in [-0.25, -0.2) is 26.8 Å². The van der Waals surface area contributed by atoms with Crippen LogP contribution in [-0.4, -0.2) is 70.9 Å². The molecule has 0 aliphatic heterocycles. The number of fused-ring (bicyclic) bond motifs is 2. The highest BCUT2D eigenvalue weighted by molar-refractivity contribution is 7.91. The smallest absolute Gasteiger partial charge is 0.241 e. The lowest BCUT2D eigenvalue weighted by atomic mass is 10.1. The summed E-state index contributed by atoms with van der Waals surface area (Å²) in [5.74, 6) is -0.133. The Morgan fingerprint density at radius 2 is 1.05 bits per heavy atom. The largest absolute Gasteiger partial charge is 0.422 e. The van der Waals surface area contributed by atoms with E-state index in [2.05, 4.69) is 35.7 Å². The zero-order valence-corrected chi connectivity index (χ0v) is 40.0. The zero-order chi connectivity index (χ0) is 47.1. The molecular formula is C44H45ClN8O8S4. The highest BCUT2D eigenvalue weighted by Crippen LogP contribution is 2.38. The summed E-state index contributed by atoms with van der Waals surface area (Å²) < 4.78 is 62.8. The average Bonchev–Trinajstić information content (AvgIpc) is 4.10. The lowest BCUT2D eigenvalue weighted by Crippen LogP contribution is -2.27. The monoisotopic (exact) mass is 976 g/mol. The molecule has 0 radical (unpaired) electrons. The van der Waals surface area contributed by atoms with Gasteiger partial charge in [0, 0.05) is 24.3 Å². The number of benzene rings is 4. The van der Waals surface area contributed by atoms with Gasteiger partial charge in [0.05, 0.1) is 33.5 Å². The Hall–Kier alpha value is -5.77. The summed E-state index contributed by atoms with van der Waals surface area (Å²) in [5, 5.41) is 16.3. The summed E-state index contributed by atoms with van der Waals surface area (Å²) in [4.78, 5) is 30.7. The molecule has 1 amide bonds. The summed E-state index contributed by atoms with van der Waals surface area (Å²) in [5.41, 5.74) is 11.1. The second-order valence-electron chi connectivity index (χ2n) is 15.2. The minimum absolute atomic E-state index is 0.0136. The fourth-order valence-corrected chi connectivity index (χ4v) is 11.0. The number of nitrogens with two attached hydrogens (primary N) is 1. The summed E-state index contributed by atoms with van der Waals surface area (Å²) >= 11 is 7.56. The molecule has 16 nitrogen and oxygen atoms in total. The van der Waals surface area contributed by atoms with Gasteiger partial charge in [0.2, 0.25) is 34.7 Å². The lowest BCUT2D eigenvalue weighted by Gasteiger charge is -2.07. The van der Waals surface area contributed by atoms with Crippen LogP contribution in [0.3, 0.4) is 0 Å². The number of carbonyl (C=O) groups is 2. The minimum atomic E-state index is -3.65. The summed E-state index contributed by atoms with van der Waals surface area (Å²) in [6.07, 6.45) is 2.25. The van der Waals surface area contributed by atoms with E-state index in [-0.39, 0.29) is 59.6 Å². The van der Waals surface area contributed by atoms with E-state index in [1.165, 1.54) is 22.7 Å². The molecule has 4 aromatic heterocycles. The first-order chi connectivity index (χ1) is 30.8. The molecule has 65 heavy (non-hydrogen) atoms. The molecule has 0 spiro atoms. The third-order valence-corrected chi connectivity index (χ3v) is 14.8. The molecule has 3 N–H and O–H groups in total. The number of hydrogen-bond donors (Lipinski definition) is 2. The third kappa shape index (κ3) is 12.5. The number of sulfone groups is 2. The van der Waals surface area contributed by atoms with Gasteiger partial charge >= 0.3 is 0 Å². The van der Waals surface area contributed by atoms with Crippen molar-refractivity contribution in [3.05, 3.63) is 131 Å². The highest BCUT2D eigenvalue weighted by Gasteiger charge is 2.35. The Labute approximate surface area is 388 Å². The van der Waals surface area contributed by atoms with Crippen molar-refractivity contribution < 1.29 is 35.3 Å². The van der Waals surface area contributed by atoms with Crippen LogP contribution in [0.25, 0.3) is 42.7 Å². The maximum atomic E-state index is 12.6. The van der Waals surface area contributed by atoms with E-state index in [1.807, 2.05) is 97.1 Å². The first kappa shape index (κ1) is 48.7. The predicted octanol–water partition coefficient (Wildman–Crippen LogP) is 8.10. The van der Waals surface area contributed by atoms with Gasteiger partial charge in [-0.2, -0.15) is 0 Å². The molecular weight excluding hydrogens is 932 g/mol. The van der Waals surface area contributed by atoms with Crippen LogP contribution in [0.2, 0.25) is 0 Å². The van der Waals surface area contributed by atoms with Crippen LogP contribution in [0.5, 0.6) is 0 Å². The molecule has 2 atom stereocenters. The average molecular weight is 978 g/mol. The van der Waals surface area contributed by atoms with Crippen molar-refractivity contribution in [2.75, 3.05) is 12.5 Å². The van der Waals surface area contributed by atoms with Crippen LogP contribution in [0.1, 0.15) is 71.8 Å². The van der Waals surface area contributed by atoms with Crippen LogP contribution in [0.4, 0.5) is 0 Å². The maximum Gasteiger partial charge on any atom is 0.241 e. The standard InChI is InChI=1S/C22H22N4O4S2.C18H16N4O3S2.C4H7ClO/c1-13(2)20(27)23-12-18-25-26-21(30-18)19(32(3,28)29)22-24-16-10-9-15(11-17(16)31-22)14-7-5-4-6-8-14;1-27(23,24)16(17-22-21-15(10-19)25-17)18-20-13-8-7-12(9-14(13)26-18)11-5-3-2-4-6-11;1-3(2)4(5)6/h4-11,13,19H,12H2,1-3H3,(H,23,27);2-9,16H,10,19H2,1H3;3H,1-2H3. The van der Waals surface area contributed by atoms with Crippen molar-refractivity contribution in [1.29, 1.82) is 0 Å². The number of amides is 1. The predicted molar refractivity (Wildman–Crippen MR) is 252 cm³/mol. The molecule has 0 aliphatic carbocycles.